The Hall–Kier alpha value is -2.15. The van der Waals surface area contributed by atoms with Crippen LogP contribution in [0.5, 0.6) is 0 Å². The number of allylic oxidation sites excluding steroid dienone is 2. The Bertz CT molecular complexity index is 879. The van der Waals surface area contributed by atoms with Crippen LogP contribution in [0.2, 0.25) is 0 Å². The molecule has 0 fully saturated rings. The van der Waals surface area contributed by atoms with Crippen LogP contribution in [0.25, 0.3) is 10.6 Å². The molecule has 0 radical (unpaired) electrons. The van der Waals surface area contributed by atoms with E-state index >= 15 is 0 Å². The molecule has 0 atom stereocenters. The number of amides is 1. The van der Waals surface area contributed by atoms with Gasteiger partial charge in [-0.3, -0.25) is 4.79 Å². The van der Waals surface area contributed by atoms with Crippen LogP contribution in [0.3, 0.4) is 0 Å². The Kier molecular flexibility index (Phi) is 4.80. The normalized spacial score (nSPS) is 17.8. The number of thiazole rings is 1. The van der Waals surface area contributed by atoms with Crippen LogP contribution >= 0.6 is 11.3 Å². The Balaban J connectivity index is 1.56. The molecule has 1 aliphatic carbocycles. The third-order valence-electron chi connectivity index (χ3n) is 5.16. The number of alkyl halides is 3. The fourth-order valence-electron chi connectivity index (χ4n) is 3.80. The second kappa shape index (κ2) is 7.11. The predicted octanol–water partition coefficient (Wildman–Crippen LogP) is 5.89. The molecule has 1 aromatic heterocycles. The molecule has 0 N–H and O–H groups in total. The van der Waals surface area contributed by atoms with Crippen molar-refractivity contribution in [1.82, 2.24) is 9.88 Å². The lowest BCUT2D eigenvalue weighted by Crippen LogP contribution is -2.36. The van der Waals surface area contributed by atoms with Crippen molar-refractivity contribution in [3.05, 3.63) is 52.2 Å². The number of hydrogen-bond donors (Lipinski definition) is 0. The van der Waals surface area contributed by atoms with Gasteiger partial charge in [0.15, 0.2) is 0 Å². The number of rotatable bonds is 2. The van der Waals surface area contributed by atoms with Crippen LogP contribution in [-0.4, -0.2) is 22.3 Å². The molecule has 0 spiro atoms. The standard InChI is InChI=1S/C20H19F3N2OS/c21-20(22,23)15-9-7-14(8-10-15)18-24-16(12-27-18)19(26)25-11-3-5-13-4-1-2-6-17(13)25/h7-10,12H,1-6,11H2. The molecule has 4 rings (SSSR count). The molecule has 0 saturated heterocycles. The van der Waals surface area contributed by atoms with E-state index in [-0.39, 0.29) is 5.91 Å². The van der Waals surface area contributed by atoms with Gasteiger partial charge in [-0.15, -0.1) is 11.3 Å². The van der Waals surface area contributed by atoms with Gasteiger partial charge in [0.1, 0.15) is 10.7 Å². The molecule has 2 aromatic rings. The highest BCUT2D eigenvalue weighted by Gasteiger charge is 2.31. The highest BCUT2D eigenvalue weighted by atomic mass is 32.1. The number of aromatic nitrogens is 1. The summed E-state index contributed by atoms with van der Waals surface area (Å²) in [5.41, 5.74) is 2.84. The zero-order valence-electron chi connectivity index (χ0n) is 14.7. The average Bonchev–Trinajstić information content (AvgIpc) is 3.16. The smallest absolute Gasteiger partial charge is 0.311 e. The molecule has 0 unspecified atom stereocenters. The fourth-order valence-corrected chi connectivity index (χ4v) is 4.60. The van der Waals surface area contributed by atoms with E-state index in [0.717, 1.165) is 44.2 Å². The molecule has 1 amide bonds. The molecule has 1 aromatic carbocycles. The summed E-state index contributed by atoms with van der Waals surface area (Å²) >= 11 is 1.28. The van der Waals surface area contributed by atoms with Crippen LogP contribution in [-0.2, 0) is 6.18 Å². The van der Waals surface area contributed by atoms with Crippen LogP contribution < -0.4 is 0 Å². The number of benzene rings is 1. The maximum atomic E-state index is 13.0. The van der Waals surface area contributed by atoms with Crippen molar-refractivity contribution < 1.29 is 18.0 Å². The van der Waals surface area contributed by atoms with Crippen LogP contribution in [0.1, 0.15) is 54.6 Å². The van der Waals surface area contributed by atoms with Gasteiger partial charge in [0, 0.05) is 23.2 Å². The van der Waals surface area contributed by atoms with Gasteiger partial charge in [-0.1, -0.05) is 17.7 Å². The zero-order valence-corrected chi connectivity index (χ0v) is 15.5. The maximum absolute atomic E-state index is 13.0. The molecule has 0 bridgehead atoms. The minimum absolute atomic E-state index is 0.0986. The molecule has 0 saturated carbocycles. The molecule has 2 aliphatic rings. The van der Waals surface area contributed by atoms with E-state index in [1.807, 2.05) is 4.90 Å². The molecule has 142 valence electrons. The Labute approximate surface area is 159 Å². The molecule has 27 heavy (non-hydrogen) atoms. The lowest BCUT2D eigenvalue weighted by atomic mass is 9.89. The zero-order chi connectivity index (χ0) is 19.0. The summed E-state index contributed by atoms with van der Waals surface area (Å²) in [5.74, 6) is -0.0986. The maximum Gasteiger partial charge on any atom is 0.416 e. The van der Waals surface area contributed by atoms with Crippen molar-refractivity contribution in [3.63, 3.8) is 0 Å². The lowest BCUT2D eigenvalue weighted by Gasteiger charge is -2.34. The van der Waals surface area contributed by atoms with Gasteiger partial charge in [0.05, 0.1) is 5.56 Å². The third kappa shape index (κ3) is 3.65. The number of nitrogens with zero attached hydrogens (tertiary/aromatic N) is 2. The van der Waals surface area contributed by atoms with Gasteiger partial charge in [-0.05, 0) is 50.7 Å². The first-order valence-corrected chi connectivity index (χ1v) is 9.97. The van der Waals surface area contributed by atoms with Crippen molar-refractivity contribution in [1.29, 1.82) is 0 Å². The Morgan fingerprint density at radius 3 is 2.48 bits per heavy atom. The van der Waals surface area contributed by atoms with E-state index < -0.39 is 11.7 Å². The van der Waals surface area contributed by atoms with Gasteiger partial charge >= 0.3 is 6.18 Å². The van der Waals surface area contributed by atoms with E-state index in [4.69, 9.17) is 0 Å². The van der Waals surface area contributed by atoms with Gasteiger partial charge < -0.3 is 4.90 Å². The number of carbonyl (C=O) groups excluding carboxylic acids is 1. The third-order valence-corrected chi connectivity index (χ3v) is 6.06. The molecule has 3 nitrogen and oxygen atoms in total. The summed E-state index contributed by atoms with van der Waals surface area (Å²) in [6.45, 7) is 0.713. The topological polar surface area (TPSA) is 33.2 Å². The van der Waals surface area contributed by atoms with E-state index in [1.165, 1.54) is 41.2 Å². The molecule has 2 heterocycles. The SMILES string of the molecule is O=C(c1csc(-c2ccc(C(F)(F)F)cc2)n1)N1CCCC2=C1CCCC2. The first kappa shape index (κ1) is 18.2. The predicted molar refractivity (Wildman–Crippen MR) is 98.3 cm³/mol. The molecule has 1 aliphatic heterocycles. The second-order valence-corrected chi connectivity index (χ2v) is 7.79. The van der Waals surface area contributed by atoms with E-state index in [2.05, 4.69) is 4.98 Å². The summed E-state index contributed by atoms with van der Waals surface area (Å²) < 4.78 is 38.1. The first-order chi connectivity index (χ1) is 12.9. The summed E-state index contributed by atoms with van der Waals surface area (Å²) in [6.07, 6.45) is 2.01. The fraction of sp³-hybridized carbons (Fsp3) is 0.400. The minimum atomic E-state index is -4.36. The van der Waals surface area contributed by atoms with E-state index in [1.54, 1.807) is 5.38 Å². The second-order valence-electron chi connectivity index (χ2n) is 6.93. The number of carbonyl (C=O) groups is 1. The highest BCUT2D eigenvalue weighted by molar-refractivity contribution is 7.13. The quantitative estimate of drug-likeness (QED) is 0.638. The van der Waals surface area contributed by atoms with Crippen molar-refractivity contribution in [3.8, 4) is 10.6 Å². The summed E-state index contributed by atoms with van der Waals surface area (Å²) in [5, 5.41) is 2.26. The Morgan fingerprint density at radius 2 is 1.74 bits per heavy atom. The van der Waals surface area contributed by atoms with Crippen molar-refractivity contribution in [2.24, 2.45) is 0 Å². The largest absolute Gasteiger partial charge is 0.416 e. The van der Waals surface area contributed by atoms with Gasteiger partial charge in [-0.2, -0.15) is 13.2 Å². The first-order valence-electron chi connectivity index (χ1n) is 9.09. The Morgan fingerprint density at radius 1 is 1.04 bits per heavy atom. The van der Waals surface area contributed by atoms with Crippen LogP contribution in [0.4, 0.5) is 13.2 Å². The van der Waals surface area contributed by atoms with Gasteiger partial charge in [-0.25, -0.2) is 4.98 Å². The molecule has 7 heteroatoms. The summed E-state index contributed by atoms with van der Waals surface area (Å²) in [7, 11) is 0. The van der Waals surface area contributed by atoms with Crippen LogP contribution in [0.15, 0.2) is 40.9 Å². The monoisotopic (exact) mass is 392 g/mol. The van der Waals surface area contributed by atoms with Crippen LogP contribution in [0, 0.1) is 0 Å². The number of hydrogen-bond acceptors (Lipinski definition) is 3. The summed E-state index contributed by atoms with van der Waals surface area (Å²) in [6, 6.07) is 4.89. The average molecular weight is 392 g/mol. The van der Waals surface area contributed by atoms with Gasteiger partial charge in [0.2, 0.25) is 0 Å². The molecular weight excluding hydrogens is 373 g/mol. The van der Waals surface area contributed by atoms with Crippen molar-refractivity contribution in [2.45, 2.75) is 44.7 Å². The lowest BCUT2D eigenvalue weighted by molar-refractivity contribution is -0.137. The number of halogens is 3. The highest BCUT2D eigenvalue weighted by Crippen LogP contribution is 2.35. The molecular formula is C20H19F3N2OS. The van der Waals surface area contributed by atoms with Gasteiger partial charge in [0.25, 0.3) is 5.91 Å². The van der Waals surface area contributed by atoms with E-state index in [9.17, 15) is 18.0 Å². The van der Waals surface area contributed by atoms with Crippen molar-refractivity contribution >= 4 is 17.2 Å². The minimum Gasteiger partial charge on any atom is -0.311 e. The van der Waals surface area contributed by atoms with Crippen molar-refractivity contribution in [2.75, 3.05) is 6.54 Å². The summed E-state index contributed by atoms with van der Waals surface area (Å²) in [4.78, 5) is 19.2. The van der Waals surface area contributed by atoms with E-state index in [0.29, 0.717) is 22.8 Å².